The second-order valence-corrected chi connectivity index (χ2v) is 7.54. The lowest BCUT2D eigenvalue weighted by molar-refractivity contribution is -0.384. The summed E-state index contributed by atoms with van der Waals surface area (Å²) < 4.78 is 10.9. The Morgan fingerprint density at radius 1 is 1.14 bits per heavy atom. The van der Waals surface area contributed by atoms with Crippen LogP contribution in [0.3, 0.4) is 0 Å². The molecule has 1 heterocycles. The van der Waals surface area contributed by atoms with Crippen molar-refractivity contribution >= 4 is 51.7 Å². The summed E-state index contributed by atoms with van der Waals surface area (Å²) >= 11 is 6.55. The maximum absolute atomic E-state index is 12.9. The van der Waals surface area contributed by atoms with E-state index in [2.05, 4.69) is 0 Å². The van der Waals surface area contributed by atoms with Crippen molar-refractivity contribution in [3.8, 4) is 11.5 Å². The predicted molar refractivity (Wildman–Crippen MR) is 113 cm³/mol. The first kappa shape index (κ1) is 19.8. The molecule has 2 aromatic rings. The van der Waals surface area contributed by atoms with Crippen LogP contribution in [0.2, 0.25) is 0 Å². The van der Waals surface area contributed by atoms with Gasteiger partial charge in [0.15, 0.2) is 15.8 Å². The average molecular weight is 416 g/mol. The van der Waals surface area contributed by atoms with Crippen LogP contribution in [0.15, 0.2) is 41.3 Å². The smallest absolute Gasteiger partial charge is 0.270 e. The molecule has 0 radical (unpaired) electrons. The van der Waals surface area contributed by atoms with Gasteiger partial charge < -0.3 is 9.47 Å². The number of carbonyl (C=O) groups excluding carboxylic acids is 1. The highest BCUT2D eigenvalue weighted by atomic mass is 32.2. The third-order valence-electron chi connectivity index (χ3n) is 4.13. The van der Waals surface area contributed by atoms with E-state index in [-0.39, 0.29) is 11.6 Å². The summed E-state index contributed by atoms with van der Waals surface area (Å²) in [5, 5.41) is 10.9. The largest absolute Gasteiger partial charge is 0.493 e. The molecule has 3 rings (SSSR count). The number of thiocarbonyl (C=S) groups is 1. The van der Waals surface area contributed by atoms with Gasteiger partial charge in [-0.3, -0.25) is 19.8 Å². The summed E-state index contributed by atoms with van der Waals surface area (Å²) in [4.78, 5) is 25.2. The van der Waals surface area contributed by atoms with E-state index in [9.17, 15) is 14.9 Å². The van der Waals surface area contributed by atoms with Gasteiger partial charge in [0.25, 0.3) is 11.6 Å². The highest BCUT2D eigenvalue weighted by molar-refractivity contribution is 8.27. The summed E-state index contributed by atoms with van der Waals surface area (Å²) in [6.07, 6.45) is 1.72. The number of nitro groups is 1. The number of nitro benzene ring substituents is 1. The van der Waals surface area contributed by atoms with Crippen LogP contribution in [0.5, 0.6) is 11.5 Å². The molecular weight excluding hydrogens is 400 g/mol. The van der Waals surface area contributed by atoms with Crippen molar-refractivity contribution in [1.82, 2.24) is 0 Å². The molecule has 1 fully saturated rings. The van der Waals surface area contributed by atoms with Crippen LogP contribution >= 0.6 is 24.0 Å². The van der Waals surface area contributed by atoms with Gasteiger partial charge >= 0.3 is 0 Å². The number of anilines is 1. The van der Waals surface area contributed by atoms with E-state index >= 15 is 0 Å². The lowest BCUT2D eigenvalue weighted by Crippen LogP contribution is -2.28. The van der Waals surface area contributed by atoms with Crippen molar-refractivity contribution in [2.45, 2.75) is 6.92 Å². The van der Waals surface area contributed by atoms with Crippen molar-refractivity contribution in [3.63, 3.8) is 0 Å². The van der Waals surface area contributed by atoms with Crippen LogP contribution in [0.25, 0.3) is 6.08 Å². The Balaban J connectivity index is 1.94. The number of rotatable bonds is 5. The third kappa shape index (κ3) is 3.71. The highest BCUT2D eigenvalue weighted by Gasteiger charge is 2.34. The van der Waals surface area contributed by atoms with Gasteiger partial charge in [-0.25, -0.2) is 0 Å². The van der Waals surface area contributed by atoms with E-state index in [4.69, 9.17) is 21.7 Å². The van der Waals surface area contributed by atoms with E-state index in [1.54, 1.807) is 39.4 Å². The molecule has 1 aliphatic heterocycles. The Morgan fingerprint density at radius 3 is 2.46 bits per heavy atom. The summed E-state index contributed by atoms with van der Waals surface area (Å²) in [6, 6.07) is 9.65. The number of hydrogen-bond donors (Lipinski definition) is 0. The summed E-state index contributed by atoms with van der Waals surface area (Å²) in [7, 11) is 3.09. The molecule has 0 saturated carbocycles. The van der Waals surface area contributed by atoms with Gasteiger partial charge in [-0.2, -0.15) is 0 Å². The molecule has 1 amide bonds. The number of carbonyl (C=O) groups is 1. The molecule has 0 atom stereocenters. The Hall–Kier alpha value is -2.91. The second-order valence-electron chi connectivity index (χ2n) is 5.86. The number of ether oxygens (including phenoxy) is 2. The number of aryl methyl sites for hydroxylation is 1. The molecule has 0 bridgehead atoms. The quantitative estimate of drug-likeness (QED) is 0.311. The molecule has 28 heavy (non-hydrogen) atoms. The number of hydrogen-bond acceptors (Lipinski definition) is 7. The van der Waals surface area contributed by atoms with Gasteiger partial charge in [-0.1, -0.05) is 30.0 Å². The third-order valence-corrected chi connectivity index (χ3v) is 5.43. The summed E-state index contributed by atoms with van der Waals surface area (Å²) in [5.74, 6) is 0.869. The molecule has 0 aliphatic carbocycles. The van der Waals surface area contributed by atoms with Gasteiger partial charge in [0.05, 0.1) is 29.7 Å². The monoisotopic (exact) mass is 416 g/mol. The van der Waals surface area contributed by atoms with Crippen LogP contribution in [0, 0.1) is 17.0 Å². The molecule has 9 heteroatoms. The normalized spacial score (nSPS) is 15.2. The molecular formula is C19H16N2O5S2. The topological polar surface area (TPSA) is 81.9 Å². The fourth-order valence-corrected chi connectivity index (χ4v) is 4.06. The Morgan fingerprint density at radius 2 is 1.86 bits per heavy atom. The van der Waals surface area contributed by atoms with Gasteiger partial charge in [0.1, 0.15) is 0 Å². The number of methoxy groups -OCH3 is 2. The Kier molecular flexibility index (Phi) is 5.66. The fourth-order valence-electron chi connectivity index (χ4n) is 2.77. The predicted octanol–water partition coefficient (Wildman–Crippen LogP) is 4.33. The van der Waals surface area contributed by atoms with E-state index in [1.165, 1.54) is 34.9 Å². The molecule has 7 nitrogen and oxygen atoms in total. The first-order chi connectivity index (χ1) is 13.3. The first-order valence-electron chi connectivity index (χ1n) is 8.10. The van der Waals surface area contributed by atoms with E-state index in [1.807, 2.05) is 6.07 Å². The lowest BCUT2D eigenvalue weighted by atomic mass is 10.1. The van der Waals surface area contributed by atoms with Crippen molar-refractivity contribution in [3.05, 3.63) is 62.5 Å². The van der Waals surface area contributed by atoms with Crippen molar-refractivity contribution in [2.75, 3.05) is 19.1 Å². The maximum atomic E-state index is 12.9. The number of thioether (sulfide) groups is 1. The summed E-state index contributed by atoms with van der Waals surface area (Å²) in [6.45, 7) is 1.71. The first-order valence-corrected chi connectivity index (χ1v) is 9.33. The van der Waals surface area contributed by atoms with Crippen molar-refractivity contribution in [2.24, 2.45) is 0 Å². The van der Waals surface area contributed by atoms with Crippen LogP contribution in [0.1, 0.15) is 11.1 Å². The molecule has 2 aromatic carbocycles. The minimum absolute atomic E-state index is 0.0347. The average Bonchev–Trinajstić information content (AvgIpc) is 2.94. The zero-order chi connectivity index (χ0) is 20.4. The zero-order valence-corrected chi connectivity index (χ0v) is 16.9. The minimum atomic E-state index is -0.474. The molecule has 0 aromatic heterocycles. The van der Waals surface area contributed by atoms with Crippen molar-refractivity contribution in [1.29, 1.82) is 0 Å². The maximum Gasteiger partial charge on any atom is 0.270 e. The van der Waals surface area contributed by atoms with Crippen LogP contribution in [-0.4, -0.2) is 29.4 Å². The van der Waals surface area contributed by atoms with Gasteiger partial charge in [-0.15, -0.1) is 0 Å². The van der Waals surface area contributed by atoms with Gasteiger partial charge in [-0.05, 0) is 42.3 Å². The fraction of sp³-hybridized carbons (Fsp3) is 0.158. The van der Waals surface area contributed by atoms with E-state index in [0.29, 0.717) is 32.0 Å². The van der Waals surface area contributed by atoms with Crippen LogP contribution in [0.4, 0.5) is 11.4 Å². The zero-order valence-electron chi connectivity index (χ0n) is 15.3. The van der Waals surface area contributed by atoms with E-state index in [0.717, 1.165) is 5.56 Å². The standard InChI is InChI=1S/C19H16N2O5S2/c1-11-8-13(21(23)24)5-6-14(11)20-18(22)17(28-19(20)27)10-12-4-7-15(25-2)16(9-12)26-3/h4-10H,1-3H3/b17-10-. The second kappa shape index (κ2) is 7.99. The molecule has 0 unspecified atom stereocenters. The number of benzene rings is 2. The SMILES string of the molecule is COc1ccc(/C=C2\SC(=S)N(c3ccc([N+](=O)[O-])cc3C)C2=O)cc1OC. The number of non-ortho nitro benzene ring substituents is 1. The van der Waals surface area contributed by atoms with Gasteiger partial charge in [0, 0.05) is 12.1 Å². The Bertz CT molecular complexity index is 1020. The van der Waals surface area contributed by atoms with E-state index < -0.39 is 4.92 Å². The molecule has 0 N–H and O–H groups in total. The van der Waals surface area contributed by atoms with Crippen LogP contribution < -0.4 is 14.4 Å². The lowest BCUT2D eigenvalue weighted by Gasteiger charge is -2.16. The number of amides is 1. The molecule has 1 aliphatic rings. The van der Waals surface area contributed by atoms with Gasteiger partial charge in [0.2, 0.25) is 0 Å². The van der Waals surface area contributed by atoms with Crippen LogP contribution in [-0.2, 0) is 4.79 Å². The summed E-state index contributed by atoms with van der Waals surface area (Å²) in [5.41, 5.74) is 1.85. The highest BCUT2D eigenvalue weighted by Crippen LogP contribution is 2.38. The molecule has 144 valence electrons. The molecule has 0 spiro atoms. The number of nitrogens with zero attached hydrogens (tertiary/aromatic N) is 2. The Labute approximate surface area is 171 Å². The minimum Gasteiger partial charge on any atom is -0.493 e. The molecule has 1 saturated heterocycles. The van der Waals surface area contributed by atoms with Crippen molar-refractivity contribution < 1.29 is 19.2 Å².